The van der Waals surface area contributed by atoms with Gasteiger partial charge in [0.15, 0.2) is 9.84 Å². The van der Waals surface area contributed by atoms with Crippen molar-refractivity contribution in [3.05, 3.63) is 29.8 Å². The average molecular weight is 364 g/mol. The van der Waals surface area contributed by atoms with Gasteiger partial charge in [0, 0.05) is 31.2 Å². The maximum absolute atomic E-state index is 12.9. The Morgan fingerprint density at radius 1 is 1.16 bits per heavy atom. The van der Waals surface area contributed by atoms with Crippen molar-refractivity contribution in [1.29, 1.82) is 0 Å². The van der Waals surface area contributed by atoms with Gasteiger partial charge in [-0.2, -0.15) is 0 Å². The number of carbonyl (C=O) groups is 2. The van der Waals surface area contributed by atoms with Crippen LogP contribution in [0.4, 0.5) is 0 Å². The third-order valence-corrected chi connectivity index (χ3v) is 7.09. The van der Waals surface area contributed by atoms with Crippen LogP contribution < -0.4 is 0 Å². The molecule has 2 aliphatic heterocycles. The number of hydrogen-bond donors (Lipinski definition) is 0. The topological polar surface area (TPSA) is 74.8 Å². The minimum absolute atomic E-state index is 0.0317. The standard InChI is InChI=1S/C18H24N2O4S/c1-18-10-8-14(9-11-18)20(18)17(22)13-4-6-15(7-5-13)25(23,24)12-16(21)19(2)3/h4-7,14H,8-12H2,1-3H3. The number of fused-ring (bicyclic) bond motifs is 2. The summed E-state index contributed by atoms with van der Waals surface area (Å²) in [4.78, 5) is 27.8. The fourth-order valence-corrected chi connectivity index (χ4v) is 5.19. The molecule has 3 rings (SSSR count). The first kappa shape index (κ1) is 17.9. The fourth-order valence-electron chi connectivity index (χ4n) is 3.89. The zero-order chi connectivity index (χ0) is 18.4. The van der Waals surface area contributed by atoms with Gasteiger partial charge < -0.3 is 9.80 Å². The van der Waals surface area contributed by atoms with Gasteiger partial charge in [-0.15, -0.1) is 0 Å². The molecule has 0 aliphatic carbocycles. The lowest BCUT2D eigenvalue weighted by molar-refractivity contribution is -0.125. The third-order valence-electron chi connectivity index (χ3n) is 5.47. The van der Waals surface area contributed by atoms with Crippen LogP contribution in [0.2, 0.25) is 0 Å². The number of benzene rings is 1. The van der Waals surface area contributed by atoms with Crippen molar-refractivity contribution in [2.75, 3.05) is 19.8 Å². The van der Waals surface area contributed by atoms with Crippen LogP contribution in [0.25, 0.3) is 0 Å². The van der Waals surface area contributed by atoms with Crippen molar-refractivity contribution in [2.24, 2.45) is 0 Å². The summed E-state index contributed by atoms with van der Waals surface area (Å²) in [5, 5.41) is 0. The minimum Gasteiger partial charge on any atom is -0.348 e. The molecule has 2 fully saturated rings. The average Bonchev–Trinajstić information content (AvgIpc) is 3.06. The summed E-state index contributed by atoms with van der Waals surface area (Å²) in [6.07, 6.45) is 4.15. The molecule has 7 heteroatoms. The van der Waals surface area contributed by atoms with E-state index in [0.717, 1.165) is 25.7 Å². The van der Waals surface area contributed by atoms with Gasteiger partial charge in [0.05, 0.1) is 4.90 Å². The Bertz CT molecular complexity index is 791. The Kier molecular flexibility index (Phi) is 4.39. The molecule has 25 heavy (non-hydrogen) atoms. The van der Waals surface area contributed by atoms with Crippen molar-refractivity contribution in [3.8, 4) is 0 Å². The largest absolute Gasteiger partial charge is 0.348 e. The molecule has 2 amide bonds. The smallest absolute Gasteiger partial charge is 0.254 e. The molecule has 0 aromatic heterocycles. The molecule has 0 saturated carbocycles. The van der Waals surface area contributed by atoms with Crippen LogP contribution in [-0.4, -0.2) is 61.5 Å². The molecule has 6 nitrogen and oxygen atoms in total. The molecule has 2 heterocycles. The highest BCUT2D eigenvalue weighted by Gasteiger charge is 2.50. The van der Waals surface area contributed by atoms with Crippen LogP contribution in [0.3, 0.4) is 0 Å². The Morgan fingerprint density at radius 3 is 2.16 bits per heavy atom. The van der Waals surface area contributed by atoms with E-state index in [2.05, 4.69) is 6.92 Å². The molecule has 1 aromatic carbocycles. The van der Waals surface area contributed by atoms with E-state index >= 15 is 0 Å². The van der Waals surface area contributed by atoms with Crippen LogP contribution in [0, 0.1) is 0 Å². The number of nitrogens with zero attached hydrogens (tertiary/aromatic N) is 2. The summed E-state index contributed by atoms with van der Waals surface area (Å²) >= 11 is 0. The highest BCUT2D eigenvalue weighted by atomic mass is 32.2. The SMILES string of the molecule is CN(C)C(=O)CS(=O)(=O)c1ccc(C(=O)N2C3CCC2(C)CC3)cc1. The molecule has 136 valence electrons. The molecule has 0 spiro atoms. The Balaban J connectivity index is 1.79. The lowest BCUT2D eigenvalue weighted by Crippen LogP contribution is -2.42. The van der Waals surface area contributed by atoms with Crippen molar-refractivity contribution in [1.82, 2.24) is 9.80 Å². The van der Waals surface area contributed by atoms with Gasteiger partial charge in [0.2, 0.25) is 5.91 Å². The summed E-state index contributed by atoms with van der Waals surface area (Å²) in [7, 11) is -0.667. The number of rotatable bonds is 4. The minimum atomic E-state index is -3.70. The maximum atomic E-state index is 12.9. The normalized spacial score (nSPS) is 25.2. The fraction of sp³-hybridized carbons (Fsp3) is 0.556. The second-order valence-corrected chi connectivity index (χ2v) is 9.46. The van der Waals surface area contributed by atoms with Crippen LogP contribution in [0.15, 0.2) is 29.2 Å². The summed E-state index contributed by atoms with van der Waals surface area (Å²) in [6.45, 7) is 2.13. The van der Waals surface area contributed by atoms with Crippen LogP contribution in [0.1, 0.15) is 43.0 Å². The van der Waals surface area contributed by atoms with E-state index in [9.17, 15) is 18.0 Å². The van der Waals surface area contributed by atoms with E-state index in [1.807, 2.05) is 4.90 Å². The molecule has 0 N–H and O–H groups in total. The lowest BCUT2D eigenvalue weighted by Gasteiger charge is -2.31. The number of sulfone groups is 1. The van der Waals surface area contributed by atoms with Crippen LogP contribution in [-0.2, 0) is 14.6 Å². The summed E-state index contributed by atoms with van der Waals surface area (Å²) in [5.74, 6) is -1.07. The second kappa shape index (κ2) is 6.12. The summed E-state index contributed by atoms with van der Waals surface area (Å²) < 4.78 is 24.6. The Labute approximate surface area is 148 Å². The first-order valence-corrected chi connectivity index (χ1v) is 10.2. The predicted molar refractivity (Wildman–Crippen MR) is 94.0 cm³/mol. The van der Waals surface area contributed by atoms with Crippen molar-refractivity contribution in [2.45, 2.75) is 49.1 Å². The van der Waals surface area contributed by atoms with Gasteiger partial charge in [-0.3, -0.25) is 9.59 Å². The molecule has 1 aromatic rings. The zero-order valence-electron chi connectivity index (χ0n) is 14.9. The molecular formula is C18H24N2O4S. The highest BCUT2D eigenvalue weighted by Crippen LogP contribution is 2.46. The van der Waals surface area contributed by atoms with E-state index in [1.54, 1.807) is 12.1 Å². The van der Waals surface area contributed by atoms with Gasteiger partial charge in [-0.25, -0.2) is 8.42 Å². The van der Waals surface area contributed by atoms with Crippen molar-refractivity contribution >= 4 is 21.7 Å². The van der Waals surface area contributed by atoms with Crippen molar-refractivity contribution < 1.29 is 18.0 Å². The molecule has 2 saturated heterocycles. The van der Waals surface area contributed by atoms with Crippen LogP contribution >= 0.6 is 0 Å². The number of carbonyl (C=O) groups excluding carboxylic acids is 2. The number of hydrogen-bond acceptors (Lipinski definition) is 4. The van der Waals surface area contributed by atoms with Gasteiger partial charge >= 0.3 is 0 Å². The molecule has 0 unspecified atom stereocenters. The van der Waals surface area contributed by atoms with E-state index < -0.39 is 21.5 Å². The maximum Gasteiger partial charge on any atom is 0.254 e. The van der Waals surface area contributed by atoms with Crippen LogP contribution in [0.5, 0.6) is 0 Å². The predicted octanol–water partition coefficient (Wildman–Crippen LogP) is 1.71. The zero-order valence-corrected chi connectivity index (χ0v) is 15.7. The van der Waals surface area contributed by atoms with Gasteiger partial charge in [0.25, 0.3) is 5.91 Å². The monoisotopic (exact) mass is 364 g/mol. The van der Waals surface area contributed by atoms with E-state index in [4.69, 9.17) is 0 Å². The Hall–Kier alpha value is -1.89. The van der Waals surface area contributed by atoms with E-state index in [1.165, 1.54) is 31.1 Å². The summed E-state index contributed by atoms with van der Waals surface area (Å²) in [6, 6.07) is 6.25. The molecule has 0 atom stereocenters. The molecular weight excluding hydrogens is 340 g/mol. The Morgan fingerprint density at radius 2 is 1.72 bits per heavy atom. The van der Waals surface area contributed by atoms with E-state index in [-0.39, 0.29) is 16.3 Å². The summed E-state index contributed by atoms with van der Waals surface area (Å²) in [5.41, 5.74) is 0.433. The van der Waals surface area contributed by atoms with Gasteiger partial charge in [0.1, 0.15) is 5.75 Å². The lowest BCUT2D eigenvalue weighted by atomic mass is 9.90. The first-order valence-electron chi connectivity index (χ1n) is 8.51. The molecule has 2 aliphatic rings. The van der Waals surface area contributed by atoms with Crippen molar-refractivity contribution in [3.63, 3.8) is 0 Å². The second-order valence-electron chi connectivity index (χ2n) is 7.47. The van der Waals surface area contributed by atoms with Gasteiger partial charge in [-0.05, 0) is 56.9 Å². The highest BCUT2D eigenvalue weighted by molar-refractivity contribution is 7.92. The molecule has 2 bridgehead atoms. The molecule has 0 radical (unpaired) electrons. The first-order chi connectivity index (χ1) is 11.6. The number of amides is 2. The third kappa shape index (κ3) is 3.17. The van der Waals surface area contributed by atoms with E-state index in [0.29, 0.717) is 11.6 Å². The van der Waals surface area contributed by atoms with Gasteiger partial charge in [-0.1, -0.05) is 0 Å². The quantitative estimate of drug-likeness (QED) is 0.815.